The van der Waals surface area contributed by atoms with Gasteiger partial charge in [0, 0.05) is 24.8 Å². The minimum Gasteiger partial charge on any atom is -0.353 e. The summed E-state index contributed by atoms with van der Waals surface area (Å²) in [5.74, 6) is -0.269. The van der Waals surface area contributed by atoms with Crippen molar-refractivity contribution in [1.29, 1.82) is 0 Å². The summed E-state index contributed by atoms with van der Waals surface area (Å²) in [4.78, 5) is 24.2. The van der Waals surface area contributed by atoms with Crippen LogP contribution in [0.3, 0.4) is 0 Å². The van der Waals surface area contributed by atoms with Crippen molar-refractivity contribution >= 4 is 27.7 Å². The van der Waals surface area contributed by atoms with Crippen molar-refractivity contribution in [3.8, 4) is 0 Å². The predicted octanol–water partition coefficient (Wildman–Crippen LogP) is -0.435. The summed E-state index contributed by atoms with van der Waals surface area (Å²) in [5.41, 5.74) is 0. The molecule has 2 N–H and O–H groups in total. The smallest absolute Gasteiger partial charge is 0.239 e. The summed E-state index contributed by atoms with van der Waals surface area (Å²) < 4.78 is 0. The molecule has 0 bridgehead atoms. The van der Waals surface area contributed by atoms with E-state index < -0.39 is 0 Å². The molecule has 6 heteroatoms. The highest BCUT2D eigenvalue weighted by molar-refractivity contribution is 9.09. The summed E-state index contributed by atoms with van der Waals surface area (Å²) in [5, 5.41) is 5.84. The minimum atomic E-state index is -0.153. The number of hydrogen-bond donors (Lipinski definition) is 2. The Kier molecular flexibility index (Phi) is 8.31. The maximum Gasteiger partial charge on any atom is 0.239 e. The Labute approximate surface area is 98.7 Å². The summed E-state index contributed by atoms with van der Waals surface area (Å²) >= 11 is 3.15. The second-order valence-electron chi connectivity index (χ2n) is 3.37. The first-order chi connectivity index (χ1) is 7.06. The molecule has 15 heavy (non-hydrogen) atoms. The standard InChI is InChI=1S/C9H18BrN3O2/c1-13(2)6-5-11-9(15)7-12-8(14)3-4-10/h3-7H2,1-2H3,(H,11,15)(H,12,14). The van der Waals surface area contributed by atoms with Crippen molar-refractivity contribution in [2.45, 2.75) is 6.42 Å². The molecule has 0 rings (SSSR count). The quantitative estimate of drug-likeness (QED) is 0.622. The Morgan fingerprint density at radius 1 is 1.20 bits per heavy atom. The van der Waals surface area contributed by atoms with Crippen LogP contribution in [-0.2, 0) is 9.59 Å². The number of rotatable bonds is 7. The summed E-state index contributed by atoms with van der Waals surface area (Å²) in [6.45, 7) is 1.44. The van der Waals surface area contributed by atoms with Gasteiger partial charge >= 0.3 is 0 Å². The van der Waals surface area contributed by atoms with Crippen molar-refractivity contribution < 1.29 is 9.59 Å². The van der Waals surface area contributed by atoms with E-state index in [1.165, 1.54) is 0 Å². The SMILES string of the molecule is CN(C)CCNC(=O)CNC(=O)CCBr. The molecule has 0 aliphatic heterocycles. The number of alkyl halides is 1. The fraction of sp³-hybridized carbons (Fsp3) is 0.778. The van der Waals surface area contributed by atoms with Crippen molar-refractivity contribution in [3.05, 3.63) is 0 Å². The molecule has 88 valence electrons. The van der Waals surface area contributed by atoms with Crippen LogP contribution in [0.4, 0.5) is 0 Å². The van der Waals surface area contributed by atoms with E-state index in [1.54, 1.807) is 0 Å². The molecule has 0 saturated carbocycles. The first kappa shape index (κ1) is 14.4. The second kappa shape index (κ2) is 8.67. The molecule has 0 heterocycles. The monoisotopic (exact) mass is 279 g/mol. The summed E-state index contributed by atoms with van der Waals surface area (Å²) in [7, 11) is 3.87. The van der Waals surface area contributed by atoms with E-state index >= 15 is 0 Å². The number of carbonyl (C=O) groups is 2. The second-order valence-corrected chi connectivity index (χ2v) is 4.16. The molecule has 0 saturated heterocycles. The highest BCUT2D eigenvalue weighted by atomic mass is 79.9. The Hall–Kier alpha value is -0.620. The van der Waals surface area contributed by atoms with E-state index in [9.17, 15) is 9.59 Å². The normalized spacial score (nSPS) is 10.1. The van der Waals surface area contributed by atoms with Gasteiger partial charge in [-0.1, -0.05) is 15.9 Å². The van der Waals surface area contributed by atoms with Gasteiger partial charge in [-0.15, -0.1) is 0 Å². The molecule has 0 aliphatic rings. The van der Waals surface area contributed by atoms with E-state index in [-0.39, 0.29) is 18.4 Å². The number of nitrogens with one attached hydrogen (secondary N) is 2. The van der Waals surface area contributed by atoms with Crippen LogP contribution in [0.2, 0.25) is 0 Å². The number of nitrogens with zero attached hydrogens (tertiary/aromatic N) is 1. The van der Waals surface area contributed by atoms with E-state index in [4.69, 9.17) is 0 Å². The minimum absolute atomic E-state index is 0.0548. The lowest BCUT2D eigenvalue weighted by atomic mass is 10.4. The molecule has 0 aromatic carbocycles. The Morgan fingerprint density at radius 3 is 2.40 bits per heavy atom. The van der Waals surface area contributed by atoms with Crippen LogP contribution in [0.1, 0.15) is 6.42 Å². The molecule has 0 atom stereocenters. The van der Waals surface area contributed by atoms with E-state index in [1.807, 2.05) is 19.0 Å². The largest absolute Gasteiger partial charge is 0.353 e. The molecular formula is C9H18BrN3O2. The maximum atomic E-state index is 11.2. The van der Waals surface area contributed by atoms with Crippen LogP contribution in [-0.4, -0.2) is 55.8 Å². The van der Waals surface area contributed by atoms with Gasteiger partial charge in [0.15, 0.2) is 0 Å². The van der Waals surface area contributed by atoms with Gasteiger partial charge in [0.05, 0.1) is 6.54 Å². The van der Waals surface area contributed by atoms with Gasteiger partial charge in [-0.25, -0.2) is 0 Å². The van der Waals surface area contributed by atoms with Crippen molar-refractivity contribution in [2.24, 2.45) is 0 Å². The topological polar surface area (TPSA) is 61.4 Å². The molecule has 5 nitrogen and oxygen atoms in total. The van der Waals surface area contributed by atoms with Crippen molar-refractivity contribution in [1.82, 2.24) is 15.5 Å². The molecular weight excluding hydrogens is 262 g/mol. The fourth-order valence-electron chi connectivity index (χ4n) is 0.835. The summed E-state index contributed by atoms with van der Waals surface area (Å²) in [6, 6.07) is 0. The third-order valence-corrected chi connectivity index (χ3v) is 2.05. The average Bonchev–Trinajstić information content (AvgIpc) is 2.14. The Bertz CT molecular complexity index is 210. The van der Waals surface area contributed by atoms with Gasteiger partial charge in [0.2, 0.25) is 11.8 Å². The maximum absolute atomic E-state index is 11.2. The van der Waals surface area contributed by atoms with Crippen LogP contribution in [0, 0.1) is 0 Å². The van der Waals surface area contributed by atoms with Gasteiger partial charge < -0.3 is 15.5 Å². The average molecular weight is 280 g/mol. The van der Waals surface area contributed by atoms with E-state index in [2.05, 4.69) is 26.6 Å². The number of amides is 2. The molecule has 0 radical (unpaired) electrons. The molecule has 0 aliphatic carbocycles. The van der Waals surface area contributed by atoms with Gasteiger partial charge in [-0.2, -0.15) is 0 Å². The van der Waals surface area contributed by atoms with E-state index in [0.717, 1.165) is 6.54 Å². The lowest BCUT2D eigenvalue weighted by Gasteiger charge is -2.10. The lowest BCUT2D eigenvalue weighted by Crippen LogP contribution is -2.39. The van der Waals surface area contributed by atoms with Gasteiger partial charge in [-0.3, -0.25) is 9.59 Å². The van der Waals surface area contributed by atoms with Crippen LogP contribution < -0.4 is 10.6 Å². The molecule has 0 spiro atoms. The zero-order chi connectivity index (χ0) is 11.7. The molecule has 0 aromatic rings. The molecule has 0 unspecified atom stereocenters. The zero-order valence-corrected chi connectivity index (χ0v) is 10.8. The van der Waals surface area contributed by atoms with E-state index in [0.29, 0.717) is 18.3 Å². The number of likely N-dealkylation sites (N-methyl/N-ethyl adjacent to an activating group) is 1. The van der Waals surface area contributed by atoms with Crippen LogP contribution in [0.25, 0.3) is 0 Å². The summed E-state index contributed by atoms with van der Waals surface area (Å²) in [6.07, 6.45) is 0.394. The third-order valence-electron chi connectivity index (χ3n) is 1.65. The molecule has 0 aromatic heterocycles. The van der Waals surface area contributed by atoms with Crippen LogP contribution >= 0.6 is 15.9 Å². The Balaban J connectivity index is 3.45. The van der Waals surface area contributed by atoms with Crippen LogP contribution in [0.5, 0.6) is 0 Å². The van der Waals surface area contributed by atoms with Gasteiger partial charge in [0.1, 0.15) is 0 Å². The predicted molar refractivity (Wildman–Crippen MR) is 63.0 cm³/mol. The molecule has 2 amide bonds. The Morgan fingerprint density at radius 2 is 1.87 bits per heavy atom. The van der Waals surface area contributed by atoms with Crippen molar-refractivity contribution in [3.63, 3.8) is 0 Å². The third kappa shape index (κ3) is 9.68. The lowest BCUT2D eigenvalue weighted by molar-refractivity contribution is -0.125. The first-order valence-electron chi connectivity index (χ1n) is 4.80. The first-order valence-corrected chi connectivity index (χ1v) is 5.92. The fourth-order valence-corrected chi connectivity index (χ4v) is 1.19. The number of hydrogen-bond acceptors (Lipinski definition) is 3. The molecule has 0 fully saturated rings. The van der Waals surface area contributed by atoms with Gasteiger partial charge in [0.25, 0.3) is 0 Å². The van der Waals surface area contributed by atoms with Crippen LogP contribution in [0.15, 0.2) is 0 Å². The highest BCUT2D eigenvalue weighted by Gasteiger charge is 2.03. The van der Waals surface area contributed by atoms with Gasteiger partial charge in [-0.05, 0) is 14.1 Å². The number of halogens is 1. The van der Waals surface area contributed by atoms with Crippen molar-refractivity contribution in [2.75, 3.05) is 39.1 Å². The highest BCUT2D eigenvalue weighted by Crippen LogP contribution is 1.85. The zero-order valence-electron chi connectivity index (χ0n) is 9.18. The number of carbonyl (C=O) groups excluding carboxylic acids is 2.